The van der Waals surface area contributed by atoms with Crippen molar-refractivity contribution in [1.29, 1.82) is 0 Å². The summed E-state index contributed by atoms with van der Waals surface area (Å²) in [4.78, 5) is 12.3. The average molecular weight is 295 g/mol. The van der Waals surface area contributed by atoms with Crippen LogP contribution in [0.25, 0.3) is 11.0 Å². The van der Waals surface area contributed by atoms with Crippen LogP contribution in [0, 0.1) is 6.92 Å². The van der Waals surface area contributed by atoms with Crippen molar-refractivity contribution in [3.63, 3.8) is 0 Å². The summed E-state index contributed by atoms with van der Waals surface area (Å²) in [6, 6.07) is 15.0. The molecule has 1 heterocycles. The number of carbonyl (C=O) groups excluding carboxylic acids is 1. The fourth-order valence-electron chi connectivity index (χ4n) is 2.51. The second-order valence-electron chi connectivity index (χ2n) is 5.23. The monoisotopic (exact) mass is 295 g/mol. The number of aliphatic hydroxyl groups excluding tert-OH is 1. The van der Waals surface area contributed by atoms with Gasteiger partial charge < -0.3 is 14.8 Å². The predicted octanol–water partition coefficient (Wildman–Crippen LogP) is 3.20. The van der Waals surface area contributed by atoms with Crippen LogP contribution in [-0.2, 0) is 0 Å². The summed E-state index contributed by atoms with van der Waals surface area (Å²) in [5.74, 6) is -0.252. The van der Waals surface area contributed by atoms with Gasteiger partial charge in [-0.05, 0) is 24.1 Å². The van der Waals surface area contributed by atoms with Gasteiger partial charge in [-0.15, -0.1) is 0 Å². The van der Waals surface area contributed by atoms with E-state index in [4.69, 9.17) is 4.42 Å². The zero-order valence-electron chi connectivity index (χ0n) is 12.2. The summed E-state index contributed by atoms with van der Waals surface area (Å²) in [6.07, 6.45) is 0.712. The maximum absolute atomic E-state index is 12.3. The van der Waals surface area contributed by atoms with Crippen LogP contribution in [0.5, 0.6) is 0 Å². The van der Waals surface area contributed by atoms with Crippen LogP contribution in [0.2, 0.25) is 0 Å². The van der Waals surface area contributed by atoms with Crippen molar-refractivity contribution in [3.05, 3.63) is 71.5 Å². The molecule has 2 aromatic carbocycles. The van der Waals surface area contributed by atoms with E-state index in [9.17, 15) is 9.90 Å². The summed E-state index contributed by atoms with van der Waals surface area (Å²) >= 11 is 0. The molecule has 0 fully saturated rings. The molecule has 112 valence electrons. The number of nitrogens with one attached hydrogen (secondary N) is 1. The van der Waals surface area contributed by atoms with Crippen molar-refractivity contribution in [2.75, 3.05) is 6.54 Å². The molecule has 0 radical (unpaired) electrons. The number of rotatable bonds is 4. The van der Waals surface area contributed by atoms with E-state index in [0.717, 1.165) is 16.5 Å². The van der Waals surface area contributed by atoms with Crippen molar-refractivity contribution in [3.8, 4) is 0 Å². The molecule has 4 heteroatoms. The van der Waals surface area contributed by atoms with Gasteiger partial charge in [-0.3, -0.25) is 4.79 Å². The molecule has 0 saturated carbocycles. The molecule has 0 saturated heterocycles. The number of amides is 1. The van der Waals surface area contributed by atoms with Gasteiger partial charge in [-0.2, -0.15) is 0 Å². The van der Waals surface area contributed by atoms with Crippen LogP contribution >= 0.6 is 0 Å². The van der Waals surface area contributed by atoms with Crippen LogP contribution in [0.4, 0.5) is 0 Å². The lowest BCUT2D eigenvalue weighted by atomic mass is 10.0. The average Bonchev–Trinajstić information content (AvgIpc) is 2.97. The second kappa shape index (κ2) is 6.03. The summed E-state index contributed by atoms with van der Waals surface area (Å²) in [5.41, 5.74) is 2.97. The highest BCUT2D eigenvalue weighted by Crippen LogP contribution is 2.21. The molecule has 1 amide bonds. The Morgan fingerprint density at radius 2 is 1.91 bits per heavy atom. The zero-order valence-corrected chi connectivity index (χ0v) is 12.2. The quantitative estimate of drug-likeness (QED) is 0.777. The highest BCUT2D eigenvalue weighted by Gasteiger charge is 2.16. The molecule has 0 bridgehead atoms. The van der Waals surface area contributed by atoms with Crippen molar-refractivity contribution < 1.29 is 14.3 Å². The Labute approximate surface area is 128 Å². The van der Waals surface area contributed by atoms with Gasteiger partial charge in [0.2, 0.25) is 0 Å². The van der Waals surface area contributed by atoms with Crippen LogP contribution in [0.1, 0.15) is 27.6 Å². The maximum atomic E-state index is 12.3. The normalized spacial score (nSPS) is 12.3. The van der Waals surface area contributed by atoms with Crippen molar-refractivity contribution in [2.45, 2.75) is 13.0 Å². The van der Waals surface area contributed by atoms with Gasteiger partial charge in [0.05, 0.1) is 11.7 Å². The van der Waals surface area contributed by atoms with E-state index < -0.39 is 6.10 Å². The van der Waals surface area contributed by atoms with E-state index >= 15 is 0 Å². The van der Waals surface area contributed by atoms with Crippen LogP contribution in [0.15, 0.2) is 59.2 Å². The molecule has 22 heavy (non-hydrogen) atoms. The first-order chi connectivity index (χ1) is 10.7. The topological polar surface area (TPSA) is 62.5 Å². The third-order valence-electron chi connectivity index (χ3n) is 3.73. The molecule has 4 nitrogen and oxygen atoms in total. The molecule has 0 spiro atoms. The Hall–Kier alpha value is -2.59. The van der Waals surface area contributed by atoms with E-state index in [1.807, 2.05) is 55.5 Å². The summed E-state index contributed by atoms with van der Waals surface area (Å²) in [6.45, 7) is 2.09. The second-order valence-corrected chi connectivity index (χ2v) is 5.23. The van der Waals surface area contributed by atoms with Crippen LogP contribution < -0.4 is 5.32 Å². The van der Waals surface area contributed by atoms with Crippen LogP contribution in [-0.4, -0.2) is 17.6 Å². The lowest BCUT2D eigenvalue weighted by Gasteiger charge is -2.14. The van der Waals surface area contributed by atoms with E-state index in [1.165, 1.54) is 6.26 Å². The summed E-state index contributed by atoms with van der Waals surface area (Å²) in [7, 11) is 0. The minimum absolute atomic E-state index is 0.156. The fraction of sp³-hybridized carbons (Fsp3) is 0.167. The Morgan fingerprint density at radius 3 is 2.73 bits per heavy atom. The van der Waals surface area contributed by atoms with Crippen molar-refractivity contribution >= 4 is 16.9 Å². The Bertz CT molecular complexity index is 807. The molecule has 2 N–H and O–H groups in total. The molecule has 0 aliphatic rings. The molecule has 1 aromatic heterocycles. The largest absolute Gasteiger partial charge is 0.463 e. The minimum atomic E-state index is -0.733. The Kier molecular flexibility index (Phi) is 3.94. The maximum Gasteiger partial charge on any atom is 0.255 e. The number of hydrogen-bond donors (Lipinski definition) is 2. The third kappa shape index (κ3) is 2.73. The number of furan rings is 1. The number of para-hydroxylation sites is 1. The van der Waals surface area contributed by atoms with Gasteiger partial charge in [0.15, 0.2) is 0 Å². The molecule has 0 aliphatic carbocycles. The molecular weight excluding hydrogens is 278 g/mol. The number of aliphatic hydroxyl groups is 1. The predicted molar refractivity (Wildman–Crippen MR) is 84.7 cm³/mol. The van der Waals surface area contributed by atoms with Crippen LogP contribution in [0.3, 0.4) is 0 Å². The van der Waals surface area contributed by atoms with Gasteiger partial charge in [0.1, 0.15) is 11.8 Å². The highest BCUT2D eigenvalue weighted by molar-refractivity contribution is 6.05. The first-order valence-corrected chi connectivity index (χ1v) is 7.15. The first kappa shape index (κ1) is 14.4. The van der Waals surface area contributed by atoms with E-state index in [2.05, 4.69) is 5.32 Å². The molecule has 3 aromatic rings. The smallest absolute Gasteiger partial charge is 0.255 e. The summed E-state index contributed by atoms with van der Waals surface area (Å²) in [5, 5.41) is 13.7. The molecule has 0 aliphatic heterocycles. The number of aryl methyl sites for hydroxylation is 1. The highest BCUT2D eigenvalue weighted by atomic mass is 16.3. The van der Waals surface area contributed by atoms with Gasteiger partial charge in [-0.25, -0.2) is 0 Å². The van der Waals surface area contributed by atoms with Gasteiger partial charge in [0.25, 0.3) is 5.91 Å². The number of carbonyl (C=O) groups is 1. The molecule has 1 unspecified atom stereocenters. The molecule has 3 rings (SSSR count). The Morgan fingerprint density at radius 1 is 1.18 bits per heavy atom. The standard InChI is InChI=1S/C18H17NO3/c1-12-6-2-3-7-13(12)16(20)10-19-18(21)15-11-22-17-9-5-4-8-14(15)17/h2-9,11,16,20H,10H2,1H3,(H,19,21). The lowest BCUT2D eigenvalue weighted by Crippen LogP contribution is -2.28. The van der Waals surface area contributed by atoms with Gasteiger partial charge in [-0.1, -0.05) is 42.5 Å². The number of benzene rings is 2. The lowest BCUT2D eigenvalue weighted by molar-refractivity contribution is 0.0916. The van der Waals surface area contributed by atoms with E-state index in [-0.39, 0.29) is 12.5 Å². The van der Waals surface area contributed by atoms with E-state index in [1.54, 1.807) is 0 Å². The van der Waals surface area contributed by atoms with Gasteiger partial charge >= 0.3 is 0 Å². The first-order valence-electron chi connectivity index (χ1n) is 7.15. The summed E-state index contributed by atoms with van der Waals surface area (Å²) < 4.78 is 5.36. The Balaban J connectivity index is 1.71. The SMILES string of the molecule is Cc1ccccc1C(O)CNC(=O)c1coc2ccccc12. The van der Waals surface area contributed by atoms with Crippen molar-refractivity contribution in [1.82, 2.24) is 5.32 Å². The molecule has 1 atom stereocenters. The fourth-order valence-corrected chi connectivity index (χ4v) is 2.51. The third-order valence-corrected chi connectivity index (χ3v) is 3.73. The number of hydrogen-bond acceptors (Lipinski definition) is 3. The van der Waals surface area contributed by atoms with Crippen molar-refractivity contribution in [2.24, 2.45) is 0 Å². The molecular formula is C18H17NO3. The minimum Gasteiger partial charge on any atom is -0.463 e. The van der Waals surface area contributed by atoms with E-state index in [0.29, 0.717) is 11.1 Å². The van der Waals surface area contributed by atoms with Gasteiger partial charge in [0, 0.05) is 11.9 Å². The zero-order chi connectivity index (χ0) is 15.5. The number of fused-ring (bicyclic) bond motifs is 1.